The third kappa shape index (κ3) is 9.08. The molecule has 1 N–H and O–H groups in total. The molecule has 1 spiro atoms. The number of nitrogens with one attached hydrogen (secondary N) is 1. The van der Waals surface area contributed by atoms with Gasteiger partial charge in [0.1, 0.15) is 36.5 Å². The molecule has 52 heavy (non-hydrogen) atoms. The largest absolute Gasteiger partial charge is 0.494 e. The monoisotopic (exact) mass is 719 g/mol. The van der Waals surface area contributed by atoms with Gasteiger partial charge in [0.05, 0.1) is 17.2 Å². The lowest BCUT2D eigenvalue weighted by Gasteiger charge is -2.27. The Kier molecular flexibility index (Phi) is 11.9. The zero-order valence-electron chi connectivity index (χ0n) is 30.3. The maximum Gasteiger partial charge on any atom is 0.142 e. The van der Waals surface area contributed by atoms with Crippen molar-refractivity contribution < 1.29 is 14.2 Å². The number of nitrogens with zero attached hydrogens (tertiary/aromatic N) is 4. The predicted octanol–water partition coefficient (Wildman–Crippen LogP) is 8.18. The maximum atomic E-state index is 9.33. The first-order valence-corrected chi connectivity index (χ1v) is 19.2. The molecule has 4 heterocycles. The summed E-state index contributed by atoms with van der Waals surface area (Å²) in [5.74, 6) is 2.20. The zero-order valence-corrected chi connectivity index (χ0v) is 31.1. The number of nitriles is 1. The van der Waals surface area contributed by atoms with Gasteiger partial charge >= 0.3 is 0 Å². The second kappa shape index (κ2) is 17.1. The van der Waals surface area contributed by atoms with Crippen molar-refractivity contribution in [2.45, 2.75) is 65.2 Å². The summed E-state index contributed by atoms with van der Waals surface area (Å²) in [4.78, 5) is 9.26. The van der Waals surface area contributed by atoms with E-state index in [0.29, 0.717) is 35.0 Å². The molecule has 1 atom stereocenters. The minimum atomic E-state index is 0.289. The molecule has 3 aromatic carbocycles. The first kappa shape index (κ1) is 36.2. The van der Waals surface area contributed by atoms with Crippen LogP contribution in [-0.2, 0) is 19.8 Å². The molecule has 0 aliphatic carbocycles. The molecule has 3 saturated heterocycles. The summed E-state index contributed by atoms with van der Waals surface area (Å²) < 4.78 is 19.0. The summed E-state index contributed by atoms with van der Waals surface area (Å²) in [6, 6.07) is 22.6. The van der Waals surface area contributed by atoms with Crippen molar-refractivity contribution in [1.29, 1.82) is 5.26 Å². The fourth-order valence-electron chi connectivity index (χ4n) is 7.99. The normalized spacial score (nSPS) is 19.2. The molecular formula is C43H50ClN5O3. The highest BCUT2D eigenvalue weighted by atomic mass is 35.5. The van der Waals surface area contributed by atoms with Gasteiger partial charge in [0.25, 0.3) is 0 Å². The van der Waals surface area contributed by atoms with Gasteiger partial charge in [-0.15, -0.1) is 0 Å². The van der Waals surface area contributed by atoms with E-state index in [1.807, 2.05) is 18.2 Å². The van der Waals surface area contributed by atoms with E-state index in [1.165, 1.54) is 58.3 Å². The molecule has 0 amide bonds. The molecule has 9 heteroatoms. The number of likely N-dealkylation sites (tertiary alicyclic amines) is 2. The molecule has 0 radical (unpaired) electrons. The fraction of sp³-hybridized carbons (Fsp3) is 0.442. The number of halogens is 1. The van der Waals surface area contributed by atoms with E-state index in [1.54, 1.807) is 18.5 Å². The third-order valence-electron chi connectivity index (χ3n) is 11.0. The van der Waals surface area contributed by atoms with Crippen LogP contribution in [0.15, 0.2) is 73.1 Å². The van der Waals surface area contributed by atoms with Crippen molar-refractivity contribution in [2.24, 2.45) is 5.41 Å². The Morgan fingerprint density at radius 2 is 1.75 bits per heavy atom. The molecule has 8 nitrogen and oxygen atoms in total. The Hall–Kier alpha value is -4.13. The van der Waals surface area contributed by atoms with E-state index in [2.05, 4.69) is 69.5 Å². The summed E-state index contributed by atoms with van der Waals surface area (Å²) in [7, 11) is 0. The van der Waals surface area contributed by atoms with Crippen LogP contribution in [0.3, 0.4) is 0 Å². The molecule has 7 rings (SSSR count). The van der Waals surface area contributed by atoms with E-state index >= 15 is 0 Å². The van der Waals surface area contributed by atoms with Gasteiger partial charge in [0.2, 0.25) is 0 Å². The van der Waals surface area contributed by atoms with Crippen molar-refractivity contribution in [3.8, 4) is 34.4 Å². The van der Waals surface area contributed by atoms with Crippen LogP contribution in [0.4, 0.5) is 0 Å². The number of aromatic nitrogens is 1. The molecule has 4 aromatic rings. The highest BCUT2D eigenvalue weighted by Gasteiger charge is 2.39. The van der Waals surface area contributed by atoms with Gasteiger partial charge in [0.15, 0.2) is 0 Å². The van der Waals surface area contributed by atoms with E-state index in [-0.39, 0.29) is 6.61 Å². The number of rotatable bonds is 14. The lowest BCUT2D eigenvalue weighted by molar-refractivity contribution is 0.214. The molecule has 3 fully saturated rings. The Labute approximate surface area is 313 Å². The molecule has 3 aliphatic rings. The summed E-state index contributed by atoms with van der Waals surface area (Å²) in [6.45, 7) is 12.3. The maximum absolute atomic E-state index is 9.33. The average molecular weight is 720 g/mol. The van der Waals surface area contributed by atoms with Crippen LogP contribution >= 0.6 is 11.6 Å². The minimum Gasteiger partial charge on any atom is -0.494 e. The smallest absolute Gasteiger partial charge is 0.142 e. The lowest BCUT2D eigenvalue weighted by atomic mass is 9.87. The number of pyridine rings is 1. The van der Waals surface area contributed by atoms with Gasteiger partial charge in [-0.05, 0) is 117 Å². The number of hydrogen-bond acceptors (Lipinski definition) is 8. The summed E-state index contributed by atoms with van der Waals surface area (Å²) in [5, 5.41) is 13.4. The van der Waals surface area contributed by atoms with Crippen LogP contribution in [0.5, 0.6) is 17.2 Å². The van der Waals surface area contributed by atoms with Crippen LogP contribution in [0.1, 0.15) is 66.3 Å². The standard InChI is InChI=1S/C43H50ClN5O3/c1-32-36(9-6-11-39(32)35-8-5-10-38(21-35)50-19-7-17-49-18-13-43(31-49)12-14-46-30-43)29-52-42-23-41(51-28-34-20-33(24-45)25-47-26-34)37(22-40(42)44)27-48-15-3-2-4-16-48/h5-6,8-11,20-23,25-26,46H,2-4,7,12-19,27-31H2,1H3. The van der Waals surface area contributed by atoms with E-state index in [4.69, 9.17) is 25.8 Å². The van der Waals surface area contributed by atoms with Crippen LogP contribution < -0.4 is 19.5 Å². The van der Waals surface area contributed by atoms with Gasteiger partial charge < -0.3 is 24.4 Å². The topological polar surface area (TPSA) is 82.9 Å². The second-order valence-electron chi connectivity index (χ2n) is 14.8. The minimum absolute atomic E-state index is 0.289. The zero-order chi connectivity index (χ0) is 35.8. The summed E-state index contributed by atoms with van der Waals surface area (Å²) >= 11 is 6.88. The van der Waals surface area contributed by atoms with Crippen LogP contribution in [-0.4, -0.2) is 67.2 Å². The number of piperidine rings is 1. The Morgan fingerprint density at radius 3 is 2.60 bits per heavy atom. The number of ether oxygens (including phenoxy) is 3. The predicted molar refractivity (Wildman–Crippen MR) is 206 cm³/mol. The molecule has 272 valence electrons. The van der Waals surface area contributed by atoms with Crippen molar-refractivity contribution in [3.05, 3.63) is 106 Å². The highest BCUT2D eigenvalue weighted by molar-refractivity contribution is 6.32. The SMILES string of the molecule is Cc1c(COc2cc(OCc3cncc(C#N)c3)c(CN3CCCCC3)cc2Cl)cccc1-c1cccc(OCCCN2CCC3(CCNC3)C2)c1. The fourth-order valence-corrected chi connectivity index (χ4v) is 8.23. The highest BCUT2D eigenvalue weighted by Crippen LogP contribution is 2.37. The molecule has 1 aromatic heterocycles. The molecule has 0 bridgehead atoms. The van der Waals surface area contributed by atoms with E-state index in [0.717, 1.165) is 77.5 Å². The van der Waals surface area contributed by atoms with Crippen LogP contribution in [0.2, 0.25) is 5.02 Å². The number of hydrogen-bond donors (Lipinski definition) is 1. The average Bonchev–Trinajstić information content (AvgIpc) is 3.82. The molecule has 3 aliphatic heterocycles. The Bertz CT molecular complexity index is 1860. The lowest BCUT2D eigenvalue weighted by Crippen LogP contribution is -2.30. The number of benzene rings is 3. The quantitative estimate of drug-likeness (QED) is 0.131. The molecule has 1 unspecified atom stereocenters. The van der Waals surface area contributed by atoms with Crippen molar-refractivity contribution in [2.75, 3.05) is 52.4 Å². The van der Waals surface area contributed by atoms with Gasteiger partial charge in [-0.3, -0.25) is 9.88 Å². The van der Waals surface area contributed by atoms with Crippen LogP contribution in [0, 0.1) is 23.7 Å². The van der Waals surface area contributed by atoms with Gasteiger partial charge in [-0.2, -0.15) is 5.26 Å². The van der Waals surface area contributed by atoms with Gasteiger partial charge in [0, 0.05) is 55.8 Å². The van der Waals surface area contributed by atoms with Crippen molar-refractivity contribution >= 4 is 11.6 Å². The van der Waals surface area contributed by atoms with E-state index in [9.17, 15) is 5.26 Å². The van der Waals surface area contributed by atoms with Crippen molar-refractivity contribution in [3.63, 3.8) is 0 Å². The van der Waals surface area contributed by atoms with Crippen LogP contribution in [0.25, 0.3) is 11.1 Å². The van der Waals surface area contributed by atoms with Gasteiger partial charge in [-0.25, -0.2) is 0 Å². The van der Waals surface area contributed by atoms with E-state index < -0.39 is 0 Å². The molecular weight excluding hydrogens is 670 g/mol. The molecule has 0 saturated carbocycles. The van der Waals surface area contributed by atoms with Gasteiger partial charge in [-0.1, -0.05) is 48.4 Å². The second-order valence-corrected chi connectivity index (χ2v) is 15.2. The summed E-state index contributed by atoms with van der Waals surface area (Å²) in [5.41, 5.74) is 7.39. The summed E-state index contributed by atoms with van der Waals surface area (Å²) in [6.07, 6.45) is 10.6. The Morgan fingerprint density at radius 1 is 0.885 bits per heavy atom. The van der Waals surface area contributed by atoms with Crippen molar-refractivity contribution in [1.82, 2.24) is 20.1 Å². The Balaban J connectivity index is 0.998. The first-order valence-electron chi connectivity index (χ1n) is 18.9. The third-order valence-corrected chi connectivity index (χ3v) is 11.3. The first-order chi connectivity index (χ1) is 25.5.